The summed E-state index contributed by atoms with van der Waals surface area (Å²) < 4.78 is 39.5. The fourth-order valence-corrected chi connectivity index (χ4v) is 3.36. The van der Waals surface area contributed by atoms with E-state index in [0.717, 1.165) is 9.39 Å². The highest BCUT2D eigenvalue weighted by Gasteiger charge is 2.30. The normalized spacial score (nSPS) is 13.2. The zero-order valence-electron chi connectivity index (χ0n) is 10.4. The Morgan fingerprint density at radius 1 is 1.26 bits per heavy atom. The molecule has 0 amide bonds. The molecule has 0 aliphatic heterocycles. The van der Waals surface area contributed by atoms with Gasteiger partial charge in [-0.2, -0.15) is 13.2 Å². The Morgan fingerprint density at radius 2 is 1.89 bits per heavy atom. The van der Waals surface area contributed by atoms with E-state index in [9.17, 15) is 13.2 Å². The van der Waals surface area contributed by atoms with Crippen molar-refractivity contribution in [2.24, 2.45) is 0 Å². The maximum Gasteiger partial charge on any atom is 0.447 e. The van der Waals surface area contributed by atoms with Gasteiger partial charge in [0.2, 0.25) is 0 Å². The summed E-state index contributed by atoms with van der Waals surface area (Å²) in [5.74, 6) is 0. The lowest BCUT2D eigenvalue weighted by molar-refractivity contribution is -0.0329. The summed E-state index contributed by atoms with van der Waals surface area (Å²) in [6, 6.07) is 1.36. The van der Waals surface area contributed by atoms with E-state index in [2.05, 4.69) is 32.6 Å². The number of fused-ring (bicyclic) bond motifs is 1. The first-order chi connectivity index (χ1) is 8.58. The van der Waals surface area contributed by atoms with E-state index in [4.69, 9.17) is 0 Å². The Bertz CT molecular complexity index is 616. The summed E-state index contributed by atoms with van der Waals surface area (Å²) in [4.78, 5) is 8.22. The van der Waals surface area contributed by atoms with Gasteiger partial charge in [0.05, 0.1) is 5.69 Å². The summed E-state index contributed by atoms with van der Waals surface area (Å²) in [5.41, 5.74) is -3.17. The first kappa shape index (κ1) is 14.9. The van der Waals surface area contributed by atoms with Crippen molar-refractivity contribution in [1.29, 1.82) is 0 Å². The predicted molar refractivity (Wildman–Crippen MR) is 76.3 cm³/mol. The lowest BCUT2D eigenvalue weighted by Gasteiger charge is -2.15. The molecule has 8 heteroatoms. The van der Waals surface area contributed by atoms with E-state index in [1.807, 2.05) is 20.8 Å². The molecule has 2 heterocycles. The van der Waals surface area contributed by atoms with Gasteiger partial charge in [-0.3, -0.25) is 4.40 Å². The third kappa shape index (κ3) is 3.33. The van der Waals surface area contributed by atoms with E-state index in [0.29, 0.717) is 5.65 Å². The molecule has 104 valence electrons. The molecule has 0 radical (unpaired) electrons. The second-order valence-electron chi connectivity index (χ2n) is 5.00. The van der Waals surface area contributed by atoms with Crippen LogP contribution in [0.15, 0.2) is 17.4 Å². The smallest absolute Gasteiger partial charge is 0.277 e. The Labute approximate surface area is 126 Å². The minimum Gasteiger partial charge on any atom is -0.277 e. The first-order valence-corrected chi connectivity index (χ1v) is 7.27. The Hall–Kier alpha value is -0.510. The standard InChI is InChI=1S/C11H11F3IN3S/c1-10(2,3)8-9(15)18-5-16-7(4-6(18)17-8)19-11(12,13)14/h4-5H,1-3H3. The molecule has 2 rings (SSSR count). The van der Waals surface area contributed by atoms with Crippen LogP contribution in [0.3, 0.4) is 0 Å². The molecule has 0 N–H and O–H groups in total. The number of rotatable bonds is 1. The van der Waals surface area contributed by atoms with Gasteiger partial charge < -0.3 is 0 Å². The molecule has 0 unspecified atom stereocenters. The van der Waals surface area contributed by atoms with Crippen LogP contribution < -0.4 is 0 Å². The largest absolute Gasteiger partial charge is 0.447 e. The van der Waals surface area contributed by atoms with Gasteiger partial charge in [0.1, 0.15) is 20.7 Å². The summed E-state index contributed by atoms with van der Waals surface area (Å²) in [6.07, 6.45) is 1.38. The fourth-order valence-electron chi connectivity index (χ4n) is 1.55. The molecule has 0 spiro atoms. The van der Waals surface area contributed by atoms with Crippen molar-refractivity contribution in [3.8, 4) is 0 Å². The minimum atomic E-state index is -4.34. The van der Waals surface area contributed by atoms with Crippen LogP contribution in [0.5, 0.6) is 0 Å². The zero-order valence-corrected chi connectivity index (χ0v) is 13.4. The van der Waals surface area contributed by atoms with Gasteiger partial charge in [-0.15, -0.1) is 0 Å². The molecule has 3 nitrogen and oxygen atoms in total. The number of nitrogens with zero attached hydrogens (tertiary/aromatic N) is 3. The van der Waals surface area contributed by atoms with Gasteiger partial charge in [-0.1, -0.05) is 20.8 Å². The fraction of sp³-hybridized carbons (Fsp3) is 0.455. The highest BCUT2D eigenvalue weighted by Crippen LogP contribution is 2.36. The average molecular weight is 401 g/mol. The molecule has 2 aromatic heterocycles. The molecule has 0 saturated carbocycles. The van der Waals surface area contributed by atoms with Gasteiger partial charge in [0.15, 0.2) is 0 Å². The summed E-state index contributed by atoms with van der Waals surface area (Å²) in [6.45, 7) is 6.03. The predicted octanol–water partition coefficient (Wildman–Crippen LogP) is 4.24. The molecule has 19 heavy (non-hydrogen) atoms. The van der Waals surface area contributed by atoms with E-state index in [1.54, 1.807) is 4.40 Å². The van der Waals surface area contributed by atoms with Gasteiger partial charge >= 0.3 is 5.51 Å². The van der Waals surface area contributed by atoms with Crippen molar-refractivity contribution in [2.45, 2.75) is 36.7 Å². The van der Waals surface area contributed by atoms with Gasteiger partial charge in [-0.05, 0) is 22.6 Å². The molecule has 0 atom stereocenters. The second kappa shape index (κ2) is 4.80. The van der Waals surface area contributed by atoms with E-state index in [-0.39, 0.29) is 22.2 Å². The Balaban J connectivity index is 2.50. The molecule has 0 fully saturated rings. The minimum absolute atomic E-state index is 0.0955. The van der Waals surface area contributed by atoms with Crippen LogP contribution in [0.2, 0.25) is 0 Å². The average Bonchev–Trinajstić information content (AvgIpc) is 2.52. The van der Waals surface area contributed by atoms with E-state index < -0.39 is 5.51 Å². The summed E-state index contributed by atoms with van der Waals surface area (Å²) in [7, 11) is 0. The number of hydrogen-bond donors (Lipinski definition) is 0. The van der Waals surface area contributed by atoms with Crippen LogP contribution in [-0.4, -0.2) is 19.9 Å². The van der Waals surface area contributed by atoms with Crippen LogP contribution in [0, 0.1) is 3.70 Å². The van der Waals surface area contributed by atoms with E-state index >= 15 is 0 Å². The SMILES string of the molecule is CC(C)(C)c1nc2cc(SC(F)(F)F)ncn2c1I. The highest BCUT2D eigenvalue weighted by molar-refractivity contribution is 14.1. The van der Waals surface area contributed by atoms with Crippen molar-refractivity contribution in [1.82, 2.24) is 14.4 Å². The molecular weight excluding hydrogens is 390 g/mol. The monoisotopic (exact) mass is 401 g/mol. The lowest BCUT2D eigenvalue weighted by Crippen LogP contribution is -2.13. The van der Waals surface area contributed by atoms with Gasteiger partial charge in [-0.25, -0.2) is 9.97 Å². The molecule has 2 aromatic rings. The Kier molecular flexibility index (Phi) is 3.76. The quantitative estimate of drug-likeness (QED) is 0.407. The highest BCUT2D eigenvalue weighted by atomic mass is 127. The van der Waals surface area contributed by atoms with Gasteiger partial charge in [0.25, 0.3) is 0 Å². The third-order valence-corrected chi connectivity index (χ3v) is 4.06. The van der Waals surface area contributed by atoms with Crippen molar-refractivity contribution in [3.05, 3.63) is 21.8 Å². The number of alkyl halides is 3. The van der Waals surface area contributed by atoms with Crippen molar-refractivity contribution in [2.75, 3.05) is 0 Å². The van der Waals surface area contributed by atoms with Crippen molar-refractivity contribution in [3.63, 3.8) is 0 Å². The second-order valence-corrected chi connectivity index (χ2v) is 7.11. The number of thioether (sulfide) groups is 1. The number of halogens is 4. The molecule has 0 bridgehead atoms. The summed E-state index contributed by atoms with van der Waals surface area (Å²) >= 11 is 1.90. The summed E-state index contributed by atoms with van der Waals surface area (Å²) in [5, 5.41) is -0.0955. The van der Waals surface area contributed by atoms with Crippen molar-refractivity contribution >= 4 is 40.0 Å². The van der Waals surface area contributed by atoms with Gasteiger partial charge in [0, 0.05) is 23.2 Å². The Morgan fingerprint density at radius 3 is 2.42 bits per heavy atom. The molecule has 0 aromatic carbocycles. The molecule has 0 aliphatic rings. The van der Waals surface area contributed by atoms with Crippen LogP contribution in [0.1, 0.15) is 26.5 Å². The van der Waals surface area contributed by atoms with Crippen LogP contribution in [0.4, 0.5) is 13.2 Å². The van der Waals surface area contributed by atoms with E-state index in [1.165, 1.54) is 12.4 Å². The lowest BCUT2D eigenvalue weighted by atomic mass is 9.93. The van der Waals surface area contributed by atoms with Crippen LogP contribution in [0.25, 0.3) is 5.65 Å². The van der Waals surface area contributed by atoms with Crippen molar-refractivity contribution < 1.29 is 13.2 Å². The first-order valence-electron chi connectivity index (χ1n) is 5.38. The number of imidazole rings is 1. The number of aromatic nitrogens is 3. The zero-order chi connectivity index (χ0) is 14.4. The molecule has 0 saturated heterocycles. The maximum absolute atomic E-state index is 12.3. The van der Waals surface area contributed by atoms with Crippen LogP contribution >= 0.6 is 34.4 Å². The molecular formula is C11H11F3IN3S. The topological polar surface area (TPSA) is 30.2 Å². The molecule has 0 aliphatic carbocycles. The maximum atomic E-state index is 12.3. The number of hydrogen-bond acceptors (Lipinski definition) is 3. The van der Waals surface area contributed by atoms with Crippen LogP contribution in [-0.2, 0) is 5.41 Å². The third-order valence-electron chi connectivity index (χ3n) is 2.36.